The third-order valence-corrected chi connectivity index (χ3v) is 3.21. The number of nitrogens with zero attached hydrogens (tertiary/aromatic N) is 2. The summed E-state index contributed by atoms with van der Waals surface area (Å²) in [5.41, 5.74) is 0.358. The smallest absolute Gasteiger partial charge is 0.289 e. The van der Waals surface area contributed by atoms with Crippen molar-refractivity contribution in [1.29, 1.82) is 0 Å². The lowest BCUT2D eigenvalue weighted by molar-refractivity contribution is -0.788. The normalized spacial score (nSPS) is 16.6. The van der Waals surface area contributed by atoms with Gasteiger partial charge in [0, 0.05) is 26.7 Å². The lowest BCUT2D eigenvalue weighted by Gasteiger charge is -2.13. The maximum absolute atomic E-state index is 11.7. The summed E-state index contributed by atoms with van der Waals surface area (Å²) in [4.78, 5) is 22.8. The second-order valence-corrected chi connectivity index (χ2v) is 4.72. The van der Waals surface area contributed by atoms with E-state index >= 15 is 0 Å². The topological polar surface area (TPSA) is 76.1 Å². The Labute approximate surface area is 105 Å². The Kier molecular flexibility index (Phi) is 3.74. The van der Waals surface area contributed by atoms with Gasteiger partial charge in [-0.3, -0.25) is 19.4 Å². The van der Waals surface area contributed by atoms with Crippen molar-refractivity contribution in [1.82, 2.24) is 5.27 Å². The van der Waals surface area contributed by atoms with E-state index in [1.54, 1.807) is 4.68 Å². The van der Waals surface area contributed by atoms with Gasteiger partial charge in [-0.1, -0.05) is 6.42 Å². The molecule has 0 spiro atoms. The SMILES string of the molecule is CC(=O)Nc1on[n+](C2CCCCC2)c1C(C)=O. The first-order chi connectivity index (χ1) is 8.59. The van der Waals surface area contributed by atoms with Gasteiger partial charge in [0.25, 0.3) is 0 Å². The van der Waals surface area contributed by atoms with Crippen LogP contribution >= 0.6 is 0 Å². The summed E-state index contributed by atoms with van der Waals surface area (Å²) in [6.07, 6.45) is 5.49. The molecule has 0 radical (unpaired) electrons. The molecule has 1 aromatic heterocycles. The number of ketones is 1. The molecule has 1 saturated carbocycles. The molecule has 2 rings (SSSR count). The molecule has 1 aliphatic rings. The molecule has 1 fully saturated rings. The van der Waals surface area contributed by atoms with Crippen molar-refractivity contribution in [2.24, 2.45) is 0 Å². The highest BCUT2D eigenvalue weighted by molar-refractivity contribution is 5.98. The third-order valence-electron chi connectivity index (χ3n) is 3.21. The van der Waals surface area contributed by atoms with Gasteiger partial charge in [0.2, 0.25) is 17.0 Å². The summed E-state index contributed by atoms with van der Waals surface area (Å²) in [5.74, 6) is -0.268. The first-order valence-corrected chi connectivity index (χ1v) is 6.29. The second-order valence-electron chi connectivity index (χ2n) is 4.72. The molecule has 1 aliphatic carbocycles. The number of carbonyl (C=O) groups excluding carboxylic acids is 2. The number of aromatic nitrogens is 2. The standard InChI is InChI=1S/C12H17N3O3/c1-8(16)11-12(13-9(2)17)18-14-15(11)10-6-4-3-5-7-10/h10H,3-7H2,1-2H3/p+1. The minimum absolute atomic E-state index is 0.148. The van der Waals surface area contributed by atoms with Crippen molar-refractivity contribution in [2.75, 3.05) is 5.32 Å². The van der Waals surface area contributed by atoms with E-state index in [-0.39, 0.29) is 23.6 Å². The van der Waals surface area contributed by atoms with Crippen LogP contribution in [0.3, 0.4) is 0 Å². The summed E-state index contributed by atoms with van der Waals surface area (Å²) in [6.45, 7) is 2.83. The fraction of sp³-hybridized carbons (Fsp3) is 0.667. The van der Waals surface area contributed by atoms with Gasteiger partial charge in [0.1, 0.15) is 0 Å². The molecule has 18 heavy (non-hydrogen) atoms. The van der Waals surface area contributed by atoms with E-state index in [4.69, 9.17) is 4.52 Å². The molecule has 0 bridgehead atoms. The number of nitrogens with one attached hydrogen (secondary N) is 1. The summed E-state index contributed by atoms with van der Waals surface area (Å²) in [6, 6.07) is 0.198. The molecule has 0 unspecified atom stereocenters. The van der Waals surface area contributed by atoms with Gasteiger partial charge in [-0.15, -0.1) is 0 Å². The van der Waals surface area contributed by atoms with Gasteiger partial charge >= 0.3 is 11.6 Å². The number of hydrogen-bond donors (Lipinski definition) is 1. The Morgan fingerprint density at radius 1 is 1.28 bits per heavy atom. The van der Waals surface area contributed by atoms with Crippen molar-refractivity contribution in [3.63, 3.8) is 0 Å². The second kappa shape index (κ2) is 5.29. The maximum atomic E-state index is 11.7. The first kappa shape index (κ1) is 12.7. The molecule has 0 aromatic carbocycles. The molecule has 1 heterocycles. The number of hydrogen-bond acceptors (Lipinski definition) is 4. The Balaban J connectivity index is 2.31. The van der Waals surface area contributed by atoms with E-state index in [1.165, 1.54) is 20.3 Å². The van der Waals surface area contributed by atoms with E-state index < -0.39 is 0 Å². The zero-order valence-electron chi connectivity index (χ0n) is 10.7. The third kappa shape index (κ3) is 2.57. The molecule has 1 N–H and O–H groups in total. The van der Waals surface area contributed by atoms with Crippen LogP contribution in [0.5, 0.6) is 0 Å². The zero-order chi connectivity index (χ0) is 13.1. The first-order valence-electron chi connectivity index (χ1n) is 6.29. The van der Waals surface area contributed by atoms with E-state index in [9.17, 15) is 9.59 Å². The van der Waals surface area contributed by atoms with Gasteiger partial charge in [0.05, 0.1) is 0 Å². The number of amides is 1. The highest BCUT2D eigenvalue weighted by Crippen LogP contribution is 2.25. The minimum atomic E-state index is -0.274. The quantitative estimate of drug-likeness (QED) is 0.655. The Morgan fingerprint density at radius 3 is 2.50 bits per heavy atom. The van der Waals surface area contributed by atoms with E-state index in [0.717, 1.165) is 25.7 Å². The highest BCUT2D eigenvalue weighted by atomic mass is 16.5. The van der Waals surface area contributed by atoms with Crippen LogP contribution in [0.4, 0.5) is 5.88 Å². The summed E-state index contributed by atoms with van der Waals surface area (Å²) >= 11 is 0. The number of rotatable bonds is 3. The molecule has 98 valence electrons. The lowest BCUT2D eigenvalue weighted by Crippen LogP contribution is -2.46. The molecule has 1 amide bonds. The highest BCUT2D eigenvalue weighted by Gasteiger charge is 2.35. The van der Waals surface area contributed by atoms with Crippen LogP contribution in [-0.4, -0.2) is 17.0 Å². The van der Waals surface area contributed by atoms with Crippen LogP contribution in [0.1, 0.15) is 62.5 Å². The lowest BCUT2D eigenvalue weighted by atomic mass is 9.95. The summed E-state index contributed by atoms with van der Waals surface area (Å²) in [5, 5.41) is 6.42. The predicted octanol–water partition coefficient (Wildman–Crippen LogP) is 1.63. The zero-order valence-corrected chi connectivity index (χ0v) is 10.7. The molecule has 6 heteroatoms. The van der Waals surface area contributed by atoms with Gasteiger partial charge in [-0.05, 0) is 17.5 Å². The molecule has 0 atom stereocenters. The Bertz CT molecular complexity index is 461. The van der Waals surface area contributed by atoms with Crippen molar-refractivity contribution in [2.45, 2.75) is 52.0 Å². The Morgan fingerprint density at radius 2 is 1.94 bits per heavy atom. The van der Waals surface area contributed by atoms with Crippen molar-refractivity contribution in [3.05, 3.63) is 5.69 Å². The van der Waals surface area contributed by atoms with E-state index in [0.29, 0.717) is 5.69 Å². The molecule has 1 aromatic rings. The van der Waals surface area contributed by atoms with E-state index in [2.05, 4.69) is 10.6 Å². The van der Waals surface area contributed by atoms with Crippen LogP contribution < -0.4 is 10.00 Å². The molecule has 0 aliphatic heterocycles. The average molecular weight is 252 g/mol. The van der Waals surface area contributed by atoms with Crippen molar-refractivity contribution < 1.29 is 18.8 Å². The molecule has 6 nitrogen and oxygen atoms in total. The van der Waals surface area contributed by atoms with Gasteiger partial charge < -0.3 is 0 Å². The van der Waals surface area contributed by atoms with E-state index in [1.807, 2.05) is 0 Å². The van der Waals surface area contributed by atoms with Gasteiger partial charge in [0.15, 0.2) is 6.04 Å². The van der Waals surface area contributed by atoms with Crippen LogP contribution in [0.2, 0.25) is 0 Å². The fourth-order valence-electron chi connectivity index (χ4n) is 2.41. The van der Waals surface area contributed by atoms with Gasteiger partial charge in [-0.25, -0.2) is 0 Å². The minimum Gasteiger partial charge on any atom is -0.289 e. The van der Waals surface area contributed by atoms with Crippen LogP contribution in [0.15, 0.2) is 4.52 Å². The molecular formula is C12H18N3O3+. The average Bonchev–Trinajstić information content (AvgIpc) is 2.73. The monoisotopic (exact) mass is 252 g/mol. The number of Topliss-reactive ketones (excluding diaryl/α,β-unsaturated/α-hetero) is 1. The Hall–Kier alpha value is -1.72. The summed E-state index contributed by atoms with van der Waals surface area (Å²) < 4.78 is 6.71. The van der Waals surface area contributed by atoms with Crippen molar-refractivity contribution in [3.8, 4) is 0 Å². The number of carbonyl (C=O) groups is 2. The largest absolute Gasteiger partial charge is 0.340 e. The molecular weight excluding hydrogens is 234 g/mol. The van der Waals surface area contributed by atoms with Crippen LogP contribution in [0, 0.1) is 0 Å². The summed E-state index contributed by atoms with van der Waals surface area (Å²) in [7, 11) is 0. The maximum Gasteiger partial charge on any atom is 0.340 e. The molecule has 0 saturated heterocycles. The van der Waals surface area contributed by atoms with Crippen LogP contribution in [0.25, 0.3) is 0 Å². The van der Waals surface area contributed by atoms with Crippen LogP contribution in [-0.2, 0) is 4.79 Å². The predicted molar refractivity (Wildman–Crippen MR) is 63.1 cm³/mol. The van der Waals surface area contributed by atoms with Gasteiger partial charge in [-0.2, -0.15) is 0 Å². The fourth-order valence-corrected chi connectivity index (χ4v) is 2.41. The van der Waals surface area contributed by atoms with Crippen molar-refractivity contribution >= 4 is 17.6 Å². The number of anilines is 1.